The smallest absolute Gasteiger partial charge is 0.242 e. The maximum absolute atomic E-state index is 17.0. The maximum Gasteiger partial charge on any atom is 0.242 e. The summed E-state index contributed by atoms with van der Waals surface area (Å²) in [5.41, 5.74) is 6.02. The molecule has 0 spiro atoms. The summed E-state index contributed by atoms with van der Waals surface area (Å²) in [6.07, 6.45) is 0.123. The van der Waals surface area contributed by atoms with Gasteiger partial charge in [0.25, 0.3) is 0 Å². The normalized spacial score (nSPS) is 16.0. The highest BCUT2D eigenvalue weighted by Gasteiger charge is 2.42. The Morgan fingerprint density at radius 2 is 1.71 bits per heavy atom. The molecule has 3 atom stereocenters. The van der Waals surface area contributed by atoms with E-state index in [1.54, 1.807) is 53.3 Å². The largest absolute Gasteiger partial charge is 0.508 e. The number of aromatic nitrogens is 4. The SMILES string of the molecule is CC(=O)N1CCN(c2nc(NCCC(=O)N(C)CCOCCOCC[C@H](C(=O)N3C[C@@H](O)C[C@H]3C(=O)NCCc3ccc(-c4scnc4C)cc3)c3cc(C)no3)nc3c(F)c(-c4cc(O)cc5ccccc45)c(Cl)cc23)CC1. The van der Waals surface area contributed by atoms with E-state index < -0.39 is 23.9 Å². The molecule has 0 unspecified atom stereocenters. The van der Waals surface area contributed by atoms with Crippen LogP contribution in [-0.2, 0) is 35.1 Å². The summed E-state index contributed by atoms with van der Waals surface area (Å²) in [6.45, 7) is 8.62. The Kier molecular flexibility index (Phi) is 18.3. The summed E-state index contributed by atoms with van der Waals surface area (Å²) < 4.78 is 34.2. The number of phenols is 1. The van der Waals surface area contributed by atoms with Gasteiger partial charge in [-0.2, -0.15) is 4.98 Å². The Hall–Kier alpha value is -7.30. The molecule has 4 amide bonds. The Morgan fingerprint density at radius 3 is 2.43 bits per heavy atom. The van der Waals surface area contributed by atoms with Gasteiger partial charge in [0.05, 0.1) is 52.7 Å². The number of carbonyl (C=O) groups excluding carboxylic acids is 4. The standard InChI is InChI=1S/C57H64ClFN10O9S/c1-34-27-48(78-65-34)43(56(75)69-32-41(72)30-47(69)55(74)60-16-13-37-9-11-38(12-10-37)53-35(2)62-33-79-53)15-23-76-25-26-77-24-22-66(4)49(73)14-17-61-57-63-52-45(54(64-57)68-20-18-67(19-21-68)36(3)70)31-46(58)50(51(52)59)44-29-40(71)28-39-7-5-6-8-42(39)44/h5-12,27-29,31,33,41,43,47,71-72H,13-26,30,32H2,1-4H3,(H,60,74)(H,61,63,64)/t41-,43-,47-/m0/s1. The van der Waals surface area contributed by atoms with Crippen molar-refractivity contribution < 1.29 is 47.8 Å². The third-order valence-corrected chi connectivity index (χ3v) is 15.6. The number of anilines is 2. The van der Waals surface area contributed by atoms with Crippen molar-refractivity contribution in [3.8, 4) is 27.3 Å². The number of β-amino-alcohol motifs (C(OH)–C–C–N with tert-alkyl or cyclic N) is 1. The molecule has 2 aliphatic heterocycles. The summed E-state index contributed by atoms with van der Waals surface area (Å²) in [5.74, 6) is -1.62. The Labute approximate surface area is 465 Å². The molecule has 19 nitrogen and oxygen atoms in total. The Morgan fingerprint density at radius 1 is 0.949 bits per heavy atom. The van der Waals surface area contributed by atoms with Gasteiger partial charge in [-0.1, -0.05) is 65.3 Å². The second-order valence-electron chi connectivity index (χ2n) is 19.9. The highest BCUT2D eigenvalue weighted by atomic mass is 35.5. The number of benzene rings is 4. The van der Waals surface area contributed by atoms with Crippen LogP contribution in [0, 0.1) is 19.7 Å². The molecule has 416 valence electrons. The number of hydrogen-bond acceptors (Lipinski definition) is 16. The molecule has 4 N–H and O–H groups in total. The zero-order chi connectivity index (χ0) is 55.7. The minimum atomic E-state index is -0.866. The van der Waals surface area contributed by atoms with Crippen molar-refractivity contribution in [1.29, 1.82) is 0 Å². The van der Waals surface area contributed by atoms with Crippen LogP contribution in [0.5, 0.6) is 5.75 Å². The number of carbonyl (C=O) groups is 4. The second kappa shape index (κ2) is 25.7. The quantitative estimate of drug-likeness (QED) is 0.0495. The van der Waals surface area contributed by atoms with Gasteiger partial charge in [0, 0.05) is 103 Å². The van der Waals surface area contributed by atoms with E-state index in [9.17, 15) is 29.4 Å². The third-order valence-electron chi connectivity index (χ3n) is 14.4. The van der Waals surface area contributed by atoms with Crippen LogP contribution in [0.3, 0.4) is 0 Å². The zero-order valence-corrected chi connectivity index (χ0v) is 46.1. The molecule has 5 heterocycles. The maximum atomic E-state index is 17.0. The van der Waals surface area contributed by atoms with Crippen LogP contribution in [0.4, 0.5) is 16.2 Å². The number of ether oxygens (including phenoxy) is 2. The molecule has 3 aromatic heterocycles. The fourth-order valence-corrected chi connectivity index (χ4v) is 11.2. The number of fused-ring (bicyclic) bond motifs is 2. The fourth-order valence-electron chi connectivity index (χ4n) is 10.1. The van der Waals surface area contributed by atoms with Gasteiger partial charge in [-0.3, -0.25) is 19.2 Å². The van der Waals surface area contributed by atoms with Crippen molar-refractivity contribution in [2.75, 3.05) is 96.0 Å². The van der Waals surface area contributed by atoms with E-state index in [1.807, 2.05) is 65.9 Å². The van der Waals surface area contributed by atoms with E-state index >= 15 is 4.39 Å². The first-order valence-corrected chi connectivity index (χ1v) is 27.6. The molecule has 0 saturated carbocycles. The molecule has 0 bridgehead atoms. The van der Waals surface area contributed by atoms with E-state index in [4.69, 9.17) is 30.6 Å². The molecule has 2 aliphatic rings. The highest BCUT2D eigenvalue weighted by molar-refractivity contribution is 7.13. The number of amides is 4. The van der Waals surface area contributed by atoms with E-state index in [1.165, 1.54) is 17.9 Å². The molecular formula is C57H64ClFN10O9S. The Balaban J connectivity index is 0.742. The van der Waals surface area contributed by atoms with Crippen molar-refractivity contribution in [3.05, 3.63) is 112 Å². The van der Waals surface area contributed by atoms with Gasteiger partial charge in [0.2, 0.25) is 29.6 Å². The number of likely N-dealkylation sites (tertiary alicyclic amines) is 1. The van der Waals surface area contributed by atoms with Gasteiger partial charge in [-0.15, -0.1) is 11.3 Å². The minimum absolute atomic E-state index is 0.00164. The first-order chi connectivity index (χ1) is 38.1. The number of aliphatic hydroxyl groups excluding tert-OH is 1. The van der Waals surface area contributed by atoms with Crippen LogP contribution >= 0.6 is 22.9 Å². The number of rotatable bonds is 22. The molecule has 2 fully saturated rings. The molecule has 79 heavy (non-hydrogen) atoms. The lowest BCUT2D eigenvalue weighted by atomic mass is 9.96. The van der Waals surface area contributed by atoms with Gasteiger partial charge in [0.15, 0.2) is 5.82 Å². The van der Waals surface area contributed by atoms with Crippen molar-refractivity contribution in [2.24, 2.45) is 0 Å². The first kappa shape index (κ1) is 56.4. The number of aliphatic hydroxyl groups is 1. The zero-order valence-electron chi connectivity index (χ0n) is 44.5. The summed E-state index contributed by atoms with van der Waals surface area (Å²) in [7, 11) is 1.67. The van der Waals surface area contributed by atoms with E-state index in [0.717, 1.165) is 21.7 Å². The van der Waals surface area contributed by atoms with Crippen LogP contribution in [0.15, 0.2) is 82.8 Å². The number of aromatic hydroxyl groups is 1. The van der Waals surface area contributed by atoms with Gasteiger partial charge in [0.1, 0.15) is 34.8 Å². The average molecular weight is 1120 g/mol. The number of nitrogens with one attached hydrogen (secondary N) is 2. The lowest BCUT2D eigenvalue weighted by molar-refractivity contribution is -0.140. The second-order valence-corrected chi connectivity index (χ2v) is 21.1. The Bertz CT molecular complexity index is 3320. The average Bonchev–Trinajstić information content (AvgIpc) is 4.36. The number of likely N-dealkylation sites (N-methyl/N-ethyl adjacent to an activating group) is 1. The first-order valence-electron chi connectivity index (χ1n) is 26.4. The van der Waals surface area contributed by atoms with Crippen molar-refractivity contribution in [2.45, 2.75) is 64.5 Å². The van der Waals surface area contributed by atoms with Crippen LogP contribution in [-0.4, -0.2) is 167 Å². The van der Waals surface area contributed by atoms with Gasteiger partial charge < -0.3 is 54.4 Å². The van der Waals surface area contributed by atoms with Crippen LogP contribution in [0.1, 0.15) is 54.8 Å². The number of phenolic OH excluding ortho intramolecular Hbond substituents is 1. The third kappa shape index (κ3) is 13.4. The highest BCUT2D eigenvalue weighted by Crippen LogP contribution is 2.42. The molecule has 22 heteroatoms. The van der Waals surface area contributed by atoms with E-state index in [0.29, 0.717) is 84.7 Å². The predicted octanol–water partition coefficient (Wildman–Crippen LogP) is 7.13. The molecule has 4 aromatic carbocycles. The molecule has 0 aliphatic carbocycles. The predicted molar refractivity (Wildman–Crippen MR) is 300 cm³/mol. The molecule has 0 radical (unpaired) electrons. The summed E-state index contributed by atoms with van der Waals surface area (Å²) in [5, 5.41) is 33.3. The number of thiazole rings is 1. The summed E-state index contributed by atoms with van der Waals surface area (Å²) in [6, 6.07) is 21.0. The van der Waals surface area contributed by atoms with Crippen molar-refractivity contribution in [1.82, 2.24) is 40.1 Å². The number of piperazine rings is 1. The van der Waals surface area contributed by atoms with Crippen molar-refractivity contribution >= 4 is 80.0 Å². The van der Waals surface area contributed by atoms with E-state index in [-0.39, 0.29) is 110 Å². The topological polar surface area (TPSA) is 229 Å². The summed E-state index contributed by atoms with van der Waals surface area (Å²) in [4.78, 5) is 74.7. The number of aryl methyl sites for hydroxylation is 2. The minimum Gasteiger partial charge on any atom is -0.508 e. The molecular weight excluding hydrogens is 1060 g/mol. The lowest BCUT2D eigenvalue weighted by Gasteiger charge is -2.35. The number of halogens is 2. The van der Waals surface area contributed by atoms with Gasteiger partial charge in [-0.25, -0.2) is 14.4 Å². The van der Waals surface area contributed by atoms with Crippen molar-refractivity contribution in [3.63, 3.8) is 0 Å². The van der Waals surface area contributed by atoms with E-state index in [2.05, 4.69) is 25.8 Å². The molecule has 7 aromatic rings. The molecule has 2 saturated heterocycles. The van der Waals surface area contributed by atoms with Crippen LogP contribution < -0.4 is 15.5 Å². The van der Waals surface area contributed by atoms with Gasteiger partial charge in [-0.05, 0) is 72.4 Å². The lowest BCUT2D eigenvalue weighted by Crippen LogP contribution is -2.48. The molecule has 9 rings (SSSR count). The van der Waals surface area contributed by atoms with Crippen LogP contribution in [0.2, 0.25) is 5.02 Å². The number of nitrogens with zero attached hydrogens (tertiary/aromatic N) is 8. The van der Waals surface area contributed by atoms with Crippen LogP contribution in [0.25, 0.3) is 43.2 Å². The number of hydrogen-bond donors (Lipinski definition) is 4. The fraction of sp³-hybridized carbons (Fsp3) is 0.404. The monoisotopic (exact) mass is 1120 g/mol. The van der Waals surface area contributed by atoms with Gasteiger partial charge >= 0.3 is 0 Å². The summed E-state index contributed by atoms with van der Waals surface area (Å²) >= 11 is 8.48.